The maximum absolute atomic E-state index is 6.43. The monoisotopic (exact) mass is 373 g/mol. The van der Waals surface area contributed by atoms with E-state index in [1.807, 2.05) is 11.3 Å². The Balaban J connectivity index is 1.31. The zero-order valence-electron chi connectivity index (χ0n) is 15.7. The van der Waals surface area contributed by atoms with Crippen molar-refractivity contribution in [2.45, 2.75) is 76.5 Å². The molecule has 0 N–H and O–H groups in total. The van der Waals surface area contributed by atoms with E-state index in [4.69, 9.17) is 9.15 Å². The number of ether oxygens (including phenoxy) is 1. The van der Waals surface area contributed by atoms with Crippen LogP contribution in [0, 0.1) is 0 Å². The van der Waals surface area contributed by atoms with E-state index in [1.165, 1.54) is 23.3 Å². The Morgan fingerprint density at radius 2 is 2.23 bits per heavy atom. The van der Waals surface area contributed by atoms with Gasteiger partial charge in [-0.3, -0.25) is 4.90 Å². The van der Waals surface area contributed by atoms with Crippen molar-refractivity contribution in [1.82, 2.24) is 15.1 Å². The van der Waals surface area contributed by atoms with Gasteiger partial charge in [0, 0.05) is 34.7 Å². The van der Waals surface area contributed by atoms with Gasteiger partial charge in [0.25, 0.3) is 0 Å². The molecule has 1 saturated carbocycles. The number of thiophene rings is 1. The maximum Gasteiger partial charge on any atom is 0.230 e. The molecule has 2 aromatic heterocycles. The van der Waals surface area contributed by atoms with Gasteiger partial charge in [0.05, 0.1) is 18.8 Å². The molecule has 3 aliphatic rings. The van der Waals surface area contributed by atoms with Crippen LogP contribution in [0.25, 0.3) is 0 Å². The normalized spacial score (nSPS) is 29.2. The van der Waals surface area contributed by atoms with E-state index in [0.717, 1.165) is 57.2 Å². The summed E-state index contributed by atoms with van der Waals surface area (Å²) < 4.78 is 12.3. The number of aryl methyl sites for hydroxylation is 1. The first-order chi connectivity index (χ1) is 12.7. The summed E-state index contributed by atoms with van der Waals surface area (Å²) in [5.74, 6) is 2.13. The van der Waals surface area contributed by atoms with Crippen LogP contribution in [0.1, 0.15) is 72.5 Å². The Labute approximate surface area is 158 Å². The highest BCUT2D eigenvalue weighted by Crippen LogP contribution is 2.46. The van der Waals surface area contributed by atoms with Gasteiger partial charge < -0.3 is 9.15 Å². The van der Waals surface area contributed by atoms with E-state index < -0.39 is 0 Å². The molecule has 0 bridgehead atoms. The Morgan fingerprint density at radius 3 is 3.00 bits per heavy atom. The van der Waals surface area contributed by atoms with Crippen LogP contribution in [-0.4, -0.2) is 34.3 Å². The van der Waals surface area contributed by atoms with Crippen LogP contribution in [0.3, 0.4) is 0 Å². The van der Waals surface area contributed by atoms with Crippen molar-refractivity contribution in [1.29, 1.82) is 0 Å². The molecule has 2 atom stereocenters. The smallest absolute Gasteiger partial charge is 0.230 e. The molecule has 0 unspecified atom stereocenters. The third-order valence-electron chi connectivity index (χ3n) is 6.21. The largest absolute Gasteiger partial charge is 0.424 e. The Hall–Kier alpha value is -1.24. The van der Waals surface area contributed by atoms with Gasteiger partial charge in [0.15, 0.2) is 0 Å². The molecule has 2 aromatic rings. The Bertz CT molecular complexity index is 797. The van der Waals surface area contributed by atoms with Crippen molar-refractivity contribution >= 4 is 11.3 Å². The second kappa shape index (κ2) is 6.43. The van der Waals surface area contributed by atoms with E-state index in [0.29, 0.717) is 12.0 Å². The summed E-state index contributed by atoms with van der Waals surface area (Å²) in [7, 11) is 0. The van der Waals surface area contributed by atoms with Crippen molar-refractivity contribution in [3.63, 3.8) is 0 Å². The van der Waals surface area contributed by atoms with Crippen molar-refractivity contribution in [3.8, 4) is 0 Å². The SMILES string of the molecule is CCc1cc2c(s1)CCO[C@@]21CCN(Cc2nnc(C3CC3)o2)[C@@H](C)C1. The molecule has 5 rings (SSSR count). The summed E-state index contributed by atoms with van der Waals surface area (Å²) in [4.78, 5) is 5.52. The van der Waals surface area contributed by atoms with Gasteiger partial charge in [-0.15, -0.1) is 21.5 Å². The summed E-state index contributed by atoms with van der Waals surface area (Å²) in [6, 6.07) is 2.86. The quantitative estimate of drug-likeness (QED) is 0.810. The van der Waals surface area contributed by atoms with Gasteiger partial charge in [-0.2, -0.15) is 0 Å². The highest BCUT2D eigenvalue weighted by Gasteiger charge is 2.44. The predicted octanol–water partition coefficient (Wildman–Crippen LogP) is 4.02. The summed E-state index contributed by atoms with van der Waals surface area (Å²) in [6.07, 6.45) is 6.69. The third kappa shape index (κ3) is 2.92. The first kappa shape index (κ1) is 16.9. The van der Waals surface area contributed by atoms with Gasteiger partial charge in [0.1, 0.15) is 0 Å². The van der Waals surface area contributed by atoms with E-state index in [2.05, 4.69) is 35.0 Å². The van der Waals surface area contributed by atoms with Gasteiger partial charge in [-0.05, 0) is 50.7 Å². The molecule has 1 saturated heterocycles. The molecule has 0 amide bonds. The number of piperidine rings is 1. The molecular formula is C20H27N3O2S. The topological polar surface area (TPSA) is 51.4 Å². The van der Waals surface area contributed by atoms with E-state index in [9.17, 15) is 0 Å². The lowest BCUT2D eigenvalue weighted by Crippen LogP contribution is -2.50. The number of hydrogen-bond acceptors (Lipinski definition) is 6. The minimum atomic E-state index is -0.0819. The molecule has 2 fully saturated rings. The Morgan fingerprint density at radius 1 is 1.35 bits per heavy atom. The summed E-state index contributed by atoms with van der Waals surface area (Å²) in [5, 5.41) is 8.50. The van der Waals surface area contributed by atoms with Crippen LogP contribution in [-0.2, 0) is 29.7 Å². The average Bonchev–Trinajstić information content (AvgIpc) is 3.22. The molecule has 4 heterocycles. The maximum atomic E-state index is 6.43. The molecule has 0 radical (unpaired) electrons. The highest BCUT2D eigenvalue weighted by molar-refractivity contribution is 7.12. The lowest BCUT2D eigenvalue weighted by molar-refractivity contribution is -0.113. The minimum absolute atomic E-state index is 0.0819. The van der Waals surface area contributed by atoms with Crippen molar-refractivity contribution < 1.29 is 9.15 Å². The second-order valence-electron chi connectivity index (χ2n) is 8.08. The van der Waals surface area contributed by atoms with Crippen LogP contribution >= 0.6 is 11.3 Å². The van der Waals surface area contributed by atoms with Gasteiger partial charge in [-0.1, -0.05) is 6.92 Å². The summed E-state index contributed by atoms with van der Waals surface area (Å²) in [6.45, 7) is 7.19. The molecule has 5 nitrogen and oxygen atoms in total. The summed E-state index contributed by atoms with van der Waals surface area (Å²) >= 11 is 1.99. The number of hydrogen-bond donors (Lipinski definition) is 0. The zero-order valence-corrected chi connectivity index (χ0v) is 16.5. The van der Waals surface area contributed by atoms with Crippen molar-refractivity contribution in [2.75, 3.05) is 13.2 Å². The molecular weight excluding hydrogens is 346 g/mol. The van der Waals surface area contributed by atoms with Gasteiger partial charge in [0.2, 0.25) is 11.8 Å². The number of rotatable bonds is 4. The first-order valence-corrected chi connectivity index (χ1v) is 10.8. The fraction of sp³-hybridized carbons (Fsp3) is 0.700. The number of aromatic nitrogens is 2. The standard InChI is InChI=1S/C20H27N3O2S/c1-3-15-10-16-17(26-15)6-9-24-20(16)7-8-23(13(2)11-20)12-18-21-22-19(25-18)14-4-5-14/h10,13-14H,3-9,11-12H2,1-2H3/t13-,20+/m0/s1. The molecule has 6 heteroatoms. The van der Waals surface area contributed by atoms with Gasteiger partial charge in [-0.25, -0.2) is 0 Å². The van der Waals surface area contributed by atoms with Crippen LogP contribution in [0.2, 0.25) is 0 Å². The molecule has 1 aliphatic carbocycles. The second-order valence-corrected chi connectivity index (χ2v) is 9.30. The molecule has 1 spiro atoms. The Kier molecular flexibility index (Phi) is 4.18. The third-order valence-corrected chi connectivity index (χ3v) is 7.54. The van der Waals surface area contributed by atoms with Crippen LogP contribution in [0.15, 0.2) is 10.5 Å². The lowest BCUT2D eigenvalue weighted by Gasteiger charge is -2.47. The number of nitrogens with zero attached hydrogens (tertiary/aromatic N) is 3. The average molecular weight is 374 g/mol. The van der Waals surface area contributed by atoms with Crippen LogP contribution in [0.4, 0.5) is 0 Å². The first-order valence-electron chi connectivity index (χ1n) is 9.99. The summed E-state index contributed by atoms with van der Waals surface area (Å²) in [5.41, 5.74) is 1.40. The van der Waals surface area contributed by atoms with Gasteiger partial charge >= 0.3 is 0 Å². The molecule has 140 valence electrons. The fourth-order valence-corrected chi connectivity index (χ4v) is 5.69. The minimum Gasteiger partial charge on any atom is -0.424 e. The zero-order chi connectivity index (χ0) is 17.7. The number of fused-ring (bicyclic) bond motifs is 2. The number of likely N-dealkylation sites (tertiary alicyclic amines) is 1. The highest BCUT2D eigenvalue weighted by atomic mass is 32.1. The molecule has 0 aromatic carbocycles. The lowest BCUT2D eigenvalue weighted by atomic mass is 9.79. The van der Waals surface area contributed by atoms with Crippen LogP contribution in [0.5, 0.6) is 0 Å². The van der Waals surface area contributed by atoms with Crippen LogP contribution < -0.4 is 0 Å². The molecule has 26 heavy (non-hydrogen) atoms. The van der Waals surface area contributed by atoms with E-state index >= 15 is 0 Å². The van der Waals surface area contributed by atoms with Crippen molar-refractivity contribution in [3.05, 3.63) is 33.2 Å². The predicted molar refractivity (Wildman–Crippen MR) is 100 cm³/mol. The van der Waals surface area contributed by atoms with Crippen molar-refractivity contribution in [2.24, 2.45) is 0 Å². The van der Waals surface area contributed by atoms with E-state index in [-0.39, 0.29) is 5.60 Å². The van der Waals surface area contributed by atoms with E-state index in [1.54, 1.807) is 4.88 Å². The molecule has 2 aliphatic heterocycles. The fourth-order valence-electron chi connectivity index (χ4n) is 4.51.